The molecule has 2 nitrogen and oxygen atoms in total. The lowest BCUT2D eigenvalue weighted by molar-refractivity contribution is 0.373. The van der Waals surface area contributed by atoms with Crippen molar-refractivity contribution < 1.29 is 0 Å². The van der Waals surface area contributed by atoms with E-state index >= 15 is 0 Å². The van der Waals surface area contributed by atoms with E-state index in [-0.39, 0.29) is 0 Å². The zero-order valence-corrected chi connectivity index (χ0v) is 5.44. The predicted molar refractivity (Wildman–Crippen MR) is 34.1 cm³/mol. The summed E-state index contributed by atoms with van der Waals surface area (Å²) >= 11 is 0. The molecule has 0 aliphatic carbocycles. The van der Waals surface area contributed by atoms with Crippen LogP contribution in [-0.2, 0) is 0 Å². The van der Waals surface area contributed by atoms with Crippen LogP contribution in [0.4, 0.5) is 0 Å². The standard InChI is InChI=1S/C6H12N2/c1-3-6-4-7-8(2)5-6/h5,7H,3-4H2,1-2H3. The summed E-state index contributed by atoms with van der Waals surface area (Å²) < 4.78 is 0. The fourth-order valence-electron chi connectivity index (χ4n) is 0.808. The maximum absolute atomic E-state index is 3.16. The predicted octanol–water partition coefficient (Wildman–Crippen LogP) is 0.730. The van der Waals surface area contributed by atoms with Gasteiger partial charge in [-0.2, -0.15) is 0 Å². The monoisotopic (exact) mass is 112 g/mol. The number of hydrogen-bond acceptors (Lipinski definition) is 2. The van der Waals surface area contributed by atoms with Gasteiger partial charge in [0.15, 0.2) is 0 Å². The maximum Gasteiger partial charge on any atom is 0.0377 e. The third-order valence-electron chi connectivity index (χ3n) is 1.39. The Kier molecular flexibility index (Phi) is 1.53. The largest absolute Gasteiger partial charge is 0.318 e. The van der Waals surface area contributed by atoms with Gasteiger partial charge >= 0.3 is 0 Å². The Balaban J connectivity index is 2.44. The van der Waals surface area contributed by atoms with Crippen LogP contribution in [-0.4, -0.2) is 18.6 Å². The molecule has 0 atom stereocenters. The van der Waals surface area contributed by atoms with Gasteiger partial charge in [0, 0.05) is 19.8 Å². The molecule has 0 radical (unpaired) electrons. The molecule has 0 aromatic carbocycles. The van der Waals surface area contributed by atoms with Crippen molar-refractivity contribution in [2.75, 3.05) is 13.6 Å². The lowest BCUT2D eigenvalue weighted by atomic mass is 10.2. The number of nitrogens with one attached hydrogen (secondary N) is 1. The molecule has 0 fully saturated rings. The first kappa shape index (κ1) is 5.63. The summed E-state index contributed by atoms with van der Waals surface area (Å²) in [5, 5.41) is 2.00. The molecule has 1 aliphatic heterocycles. The van der Waals surface area contributed by atoms with Crippen LogP contribution >= 0.6 is 0 Å². The molecule has 8 heavy (non-hydrogen) atoms. The molecule has 1 aliphatic rings. The fourth-order valence-corrected chi connectivity index (χ4v) is 0.808. The first-order valence-corrected chi connectivity index (χ1v) is 2.99. The van der Waals surface area contributed by atoms with Crippen molar-refractivity contribution in [2.24, 2.45) is 0 Å². The Morgan fingerprint density at radius 1 is 1.88 bits per heavy atom. The third kappa shape index (κ3) is 1.01. The van der Waals surface area contributed by atoms with Gasteiger partial charge in [-0.25, -0.2) is 5.43 Å². The Hall–Kier alpha value is -0.500. The van der Waals surface area contributed by atoms with Gasteiger partial charge in [-0.3, -0.25) is 0 Å². The normalized spacial score (nSPS) is 19.2. The minimum absolute atomic E-state index is 1.03. The molecule has 0 unspecified atom stereocenters. The molecule has 0 saturated heterocycles. The molecule has 2 heteroatoms. The second-order valence-electron chi connectivity index (χ2n) is 2.09. The van der Waals surface area contributed by atoms with Gasteiger partial charge in [-0.05, 0) is 12.0 Å². The van der Waals surface area contributed by atoms with E-state index in [9.17, 15) is 0 Å². The van der Waals surface area contributed by atoms with Gasteiger partial charge in [0.25, 0.3) is 0 Å². The van der Waals surface area contributed by atoms with Crippen molar-refractivity contribution in [2.45, 2.75) is 13.3 Å². The van der Waals surface area contributed by atoms with Gasteiger partial charge in [0.1, 0.15) is 0 Å². The Bertz CT molecular complexity index is 107. The molecule has 0 bridgehead atoms. The second-order valence-corrected chi connectivity index (χ2v) is 2.09. The van der Waals surface area contributed by atoms with Crippen LogP contribution in [0.5, 0.6) is 0 Å². The minimum Gasteiger partial charge on any atom is -0.318 e. The quantitative estimate of drug-likeness (QED) is 0.538. The summed E-state index contributed by atoms with van der Waals surface area (Å²) in [4.78, 5) is 0. The lowest BCUT2D eigenvalue weighted by Crippen LogP contribution is -2.23. The Morgan fingerprint density at radius 3 is 2.88 bits per heavy atom. The van der Waals surface area contributed by atoms with E-state index in [4.69, 9.17) is 0 Å². The lowest BCUT2D eigenvalue weighted by Gasteiger charge is -2.04. The summed E-state index contributed by atoms with van der Waals surface area (Å²) in [6.45, 7) is 3.21. The SMILES string of the molecule is CCC1=CN(C)NC1. The van der Waals surface area contributed by atoms with Crippen molar-refractivity contribution in [3.8, 4) is 0 Å². The zero-order valence-electron chi connectivity index (χ0n) is 5.44. The molecule has 0 aromatic rings. The second kappa shape index (κ2) is 2.18. The van der Waals surface area contributed by atoms with Gasteiger partial charge in [0.05, 0.1) is 0 Å². The van der Waals surface area contributed by atoms with Gasteiger partial charge in [-0.15, -0.1) is 0 Å². The van der Waals surface area contributed by atoms with Crippen molar-refractivity contribution >= 4 is 0 Å². The topological polar surface area (TPSA) is 15.3 Å². The third-order valence-corrected chi connectivity index (χ3v) is 1.39. The smallest absolute Gasteiger partial charge is 0.0377 e. The van der Waals surface area contributed by atoms with Crippen LogP contribution in [0.1, 0.15) is 13.3 Å². The number of rotatable bonds is 1. The highest BCUT2D eigenvalue weighted by Gasteiger charge is 2.03. The van der Waals surface area contributed by atoms with Gasteiger partial charge < -0.3 is 5.01 Å². The van der Waals surface area contributed by atoms with Crippen molar-refractivity contribution in [3.63, 3.8) is 0 Å². The van der Waals surface area contributed by atoms with Crippen molar-refractivity contribution in [3.05, 3.63) is 11.8 Å². The highest BCUT2D eigenvalue weighted by molar-refractivity contribution is 5.05. The minimum atomic E-state index is 1.03. The molecule has 0 spiro atoms. The van der Waals surface area contributed by atoms with E-state index in [0.29, 0.717) is 0 Å². The molecule has 1 heterocycles. The summed E-state index contributed by atoms with van der Waals surface area (Å²) in [7, 11) is 2.02. The number of nitrogens with zero attached hydrogens (tertiary/aromatic N) is 1. The Labute approximate surface area is 50.1 Å². The Morgan fingerprint density at radius 2 is 2.62 bits per heavy atom. The highest BCUT2D eigenvalue weighted by Crippen LogP contribution is 2.04. The number of hydrogen-bond donors (Lipinski definition) is 1. The van der Waals surface area contributed by atoms with Crippen molar-refractivity contribution in [1.29, 1.82) is 0 Å². The van der Waals surface area contributed by atoms with E-state index in [0.717, 1.165) is 13.0 Å². The van der Waals surface area contributed by atoms with E-state index in [1.165, 1.54) is 5.57 Å². The van der Waals surface area contributed by atoms with Gasteiger partial charge in [0.2, 0.25) is 0 Å². The van der Waals surface area contributed by atoms with E-state index < -0.39 is 0 Å². The molecule has 46 valence electrons. The molecular weight excluding hydrogens is 100 g/mol. The summed E-state index contributed by atoms with van der Waals surface area (Å²) in [6.07, 6.45) is 3.30. The fraction of sp³-hybridized carbons (Fsp3) is 0.667. The average Bonchev–Trinajstić information content (AvgIpc) is 2.14. The van der Waals surface area contributed by atoms with E-state index in [1.54, 1.807) is 0 Å². The average molecular weight is 112 g/mol. The van der Waals surface area contributed by atoms with E-state index in [2.05, 4.69) is 18.5 Å². The summed E-state index contributed by atoms with van der Waals surface area (Å²) in [5.41, 5.74) is 4.64. The van der Waals surface area contributed by atoms with Crippen LogP contribution in [0, 0.1) is 0 Å². The zero-order chi connectivity index (χ0) is 5.98. The maximum atomic E-state index is 3.16. The molecule has 0 amide bonds. The molecule has 0 saturated carbocycles. The summed E-state index contributed by atoms with van der Waals surface area (Å²) in [6, 6.07) is 0. The molecule has 1 rings (SSSR count). The van der Waals surface area contributed by atoms with Crippen molar-refractivity contribution in [1.82, 2.24) is 10.4 Å². The van der Waals surface area contributed by atoms with Gasteiger partial charge in [-0.1, -0.05) is 6.92 Å². The first-order chi connectivity index (χ1) is 3.83. The number of hydrazine groups is 1. The van der Waals surface area contributed by atoms with Crippen LogP contribution < -0.4 is 5.43 Å². The first-order valence-electron chi connectivity index (χ1n) is 2.99. The van der Waals surface area contributed by atoms with Crippen LogP contribution in [0.25, 0.3) is 0 Å². The van der Waals surface area contributed by atoms with Crippen LogP contribution in [0.15, 0.2) is 11.8 Å². The molecular formula is C6H12N2. The van der Waals surface area contributed by atoms with E-state index in [1.807, 2.05) is 12.1 Å². The molecule has 0 aromatic heterocycles. The van der Waals surface area contributed by atoms with Crippen LogP contribution in [0.2, 0.25) is 0 Å². The molecule has 1 N–H and O–H groups in total. The highest BCUT2D eigenvalue weighted by atomic mass is 15.5. The van der Waals surface area contributed by atoms with Crippen LogP contribution in [0.3, 0.4) is 0 Å². The summed E-state index contributed by atoms with van der Waals surface area (Å²) in [5.74, 6) is 0.